The molecule has 0 spiro atoms. The summed E-state index contributed by atoms with van der Waals surface area (Å²) in [7, 11) is 1.84. The van der Waals surface area contributed by atoms with Gasteiger partial charge in [-0.2, -0.15) is 5.26 Å². The van der Waals surface area contributed by atoms with Crippen LogP contribution < -0.4 is 4.90 Å². The average Bonchev–Trinajstić information content (AvgIpc) is 2.73. The maximum Gasteiger partial charge on any atom is 0.266 e. The number of amides is 1. The van der Waals surface area contributed by atoms with Gasteiger partial charge in [0.1, 0.15) is 11.6 Å². The molecule has 138 valence electrons. The first-order valence-corrected chi connectivity index (χ1v) is 9.13. The molecule has 2 aromatic carbocycles. The average molecular weight is 360 g/mol. The normalized spacial score (nSPS) is 15.3. The zero-order chi connectivity index (χ0) is 19.1. The van der Waals surface area contributed by atoms with Crippen molar-refractivity contribution in [2.75, 3.05) is 38.1 Å². The molecule has 0 bridgehead atoms. The number of carbonyl (C=O) groups is 1. The lowest BCUT2D eigenvalue weighted by atomic mass is 10.2. The quantitative estimate of drug-likeness (QED) is 0.608. The van der Waals surface area contributed by atoms with Crippen molar-refractivity contribution in [2.45, 2.75) is 6.54 Å². The fourth-order valence-electron chi connectivity index (χ4n) is 3.18. The first-order chi connectivity index (χ1) is 13.2. The maximum absolute atomic E-state index is 12.8. The van der Waals surface area contributed by atoms with Crippen LogP contribution in [0.4, 0.5) is 5.69 Å². The monoisotopic (exact) mass is 360 g/mol. The summed E-state index contributed by atoms with van der Waals surface area (Å²) in [6, 6.07) is 22.1. The number of piperazine rings is 1. The Balaban J connectivity index is 1.59. The van der Waals surface area contributed by atoms with Gasteiger partial charge in [0.15, 0.2) is 0 Å². The Bertz CT molecular complexity index is 818. The molecule has 1 aliphatic heterocycles. The van der Waals surface area contributed by atoms with Crippen molar-refractivity contribution in [3.63, 3.8) is 0 Å². The van der Waals surface area contributed by atoms with Gasteiger partial charge in [0.2, 0.25) is 0 Å². The predicted molar refractivity (Wildman–Crippen MR) is 107 cm³/mol. The molecular formula is C22H24N4O. The Morgan fingerprint density at radius 2 is 1.63 bits per heavy atom. The summed E-state index contributed by atoms with van der Waals surface area (Å²) in [5.41, 5.74) is 2.38. The van der Waals surface area contributed by atoms with Crippen molar-refractivity contribution in [1.82, 2.24) is 9.80 Å². The lowest BCUT2D eigenvalue weighted by Gasteiger charge is -2.34. The molecule has 0 atom stereocenters. The SMILES string of the molecule is CN(/C=C(/C#N)C(=O)N1CCN(Cc2ccccc2)CC1)c1ccccc1. The second-order valence-corrected chi connectivity index (χ2v) is 6.65. The van der Waals surface area contributed by atoms with Crippen molar-refractivity contribution in [3.05, 3.63) is 78.0 Å². The summed E-state index contributed by atoms with van der Waals surface area (Å²) in [4.78, 5) is 18.7. The second-order valence-electron chi connectivity index (χ2n) is 6.65. The molecule has 0 unspecified atom stereocenters. The van der Waals surface area contributed by atoms with E-state index in [9.17, 15) is 10.1 Å². The smallest absolute Gasteiger partial charge is 0.266 e. The van der Waals surface area contributed by atoms with Crippen LogP contribution in [-0.2, 0) is 11.3 Å². The van der Waals surface area contributed by atoms with Crippen molar-refractivity contribution in [2.24, 2.45) is 0 Å². The number of hydrogen-bond donors (Lipinski definition) is 0. The van der Waals surface area contributed by atoms with E-state index in [1.54, 1.807) is 11.1 Å². The van der Waals surface area contributed by atoms with Gasteiger partial charge in [-0.1, -0.05) is 48.5 Å². The third-order valence-corrected chi connectivity index (χ3v) is 4.75. The van der Waals surface area contributed by atoms with E-state index in [1.165, 1.54) is 5.56 Å². The molecule has 2 aromatic rings. The van der Waals surface area contributed by atoms with Crippen LogP contribution >= 0.6 is 0 Å². The van der Waals surface area contributed by atoms with Crippen LogP contribution in [0.15, 0.2) is 72.4 Å². The standard InChI is InChI=1S/C22H24N4O/c1-24(21-10-6-3-7-11-21)18-20(16-23)22(27)26-14-12-25(13-15-26)17-19-8-4-2-5-9-19/h2-11,18H,12-15,17H2,1H3/b20-18-. The van der Waals surface area contributed by atoms with E-state index >= 15 is 0 Å². The first kappa shape index (κ1) is 18.7. The van der Waals surface area contributed by atoms with Crippen molar-refractivity contribution < 1.29 is 4.79 Å². The van der Waals surface area contributed by atoms with Gasteiger partial charge in [-0.25, -0.2) is 0 Å². The van der Waals surface area contributed by atoms with E-state index in [1.807, 2.05) is 60.5 Å². The molecule has 0 N–H and O–H groups in total. The fraction of sp³-hybridized carbons (Fsp3) is 0.273. The Morgan fingerprint density at radius 1 is 1.04 bits per heavy atom. The molecule has 0 radical (unpaired) electrons. The predicted octanol–water partition coefficient (Wildman–Crippen LogP) is 2.87. The van der Waals surface area contributed by atoms with E-state index in [0.29, 0.717) is 13.1 Å². The highest BCUT2D eigenvalue weighted by Gasteiger charge is 2.24. The van der Waals surface area contributed by atoms with Crippen LogP contribution in [0, 0.1) is 11.3 Å². The Kier molecular flexibility index (Phi) is 6.24. The number of anilines is 1. The largest absolute Gasteiger partial charge is 0.350 e. The maximum atomic E-state index is 12.8. The zero-order valence-corrected chi connectivity index (χ0v) is 15.6. The number of nitrogens with zero attached hydrogens (tertiary/aromatic N) is 4. The minimum absolute atomic E-state index is 0.165. The second kappa shape index (κ2) is 9.02. The topological polar surface area (TPSA) is 50.6 Å². The highest BCUT2D eigenvalue weighted by atomic mass is 16.2. The lowest BCUT2D eigenvalue weighted by Crippen LogP contribution is -2.48. The number of carbonyl (C=O) groups excluding carboxylic acids is 1. The molecule has 3 rings (SSSR count). The van der Waals surface area contributed by atoms with Gasteiger partial charge in [0, 0.05) is 51.7 Å². The van der Waals surface area contributed by atoms with Gasteiger partial charge in [-0.15, -0.1) is 0 Å². The van der Waals surface area contributed by atoms with Gasteiger partial charge >= 0.3 is 0 Å². The zero-order valence-electron chi connectivity index (χ0n) is 15.6. The van der Waals surface area contributed by atoms with Crippen LogP contribution in [-0.4, -0.2) is 48.9 Å². The van der Waals surface area contributed by atoms with Crippen LogP contribution in [0.3, 0.4) is 0 Å². The highest BCUT2D eigenvalue weighted by molar-refractivity contribution is 5.97. The van der Waals surface area contributed by atoms with E-state index in [2.05, 4.69) is 23.1 Å². The summed E-state index contributed by atoms with van der Waals surface area (Å²) in [6.07, 6.45) is 1.62. The van der Waals surface area contributed by atoms with Gasteiger partial charge in [0.05, 0.1) is 0 Å². The number of hydrogen-bond acceptors (Lipinski definition) is 4. The summed E-state index contributed by atoms with van der Waals surface area (Å²) < 4.78 is 0. The third kappa shape index (κ3) is 4.96. The van der Waals surface area contributed by atoms with Gasteiger partial charge < -0.3 is 9.80 Å². The Labute approximate surface area is 160 Å². The molecule has 1 amide bonds. The first-order valence-electron chi connectivity index (χ1n) is 9.13. The van der Waals surface area contributed by atoms with Crippen LogP contribution in [0.5, 0.6) is 0 Å². The summed E-state index contributed by atoms with van der Waals surface area (Å²) in [6.45, 7) is 3.79. The molecule has 5 heteroatoms. The Hall–Kier alpha value is -3.10. The molecule has 5 nitrogen and oxygen atoms in total. The molecule has 1 heterocycles. The fourth-order valence-corrected chi connectivity index (χ4v) is 3.18. The molecule has 0 saturated carbocycles. The number of benzene rings is 2. The highest BCUT2D eigenvalue weighted by Crippen LogP contribution is 2.15. The Morgan fingerprint density at radius 3 is 2.22 bits per heavy atom. The van der Waals surface area contributed by atoms with Gasteiger partial charge in [-0.3, -0.25) is 9.69 Å². The van der Waals surface area contributed by atoms with E-state index in [4.69, 9.17) is 0 Å². The van der Waals surface area contributed by atoms with E-state index in [0.717, 1.165) is 25.3 Å². The summed E-state index contributed by atoms with van der Waals surface area (Å²) >= 11 is 0. The number of rotatable bonds is 5. The molecule has 0 aromatic heterocycles. The van der Waals surface area contributed by atoms with Crippen LogP contribution in [0.25, 0.3) is 0 Å². The van der Waals surface area contributed by atoms with Gasteiger partial charge in [-0.05, 0) is 17.7 Å². The lowest BCUT2D eigenvalue weighted by molar-refractivity contribution is -0.128. The van der Waals surface area contributed by atoms with Crippen molar-refractivity contribution in [1.29, 1.82) is 5.26 Å². The minimum Gasteiger partial charge on any atom is -0.350 e. The summed E-state index contributed by atoms with van der Waals surface area (Å²) in [5, 5.41) is 9.47. The van der Waals surface area contributed by atoms with Crippen molar-refractivity contribution in [3.8, 4) is 6.07 Å². The molecular weight excluding hydrogens is 336 g/mol. The molecule has 1 saturated heterocycles. The van der Waals surface area contributed by atoms with E-state index < -0.39 is 0 Å². The van der Waals surface area contributed by atoms with Crippen molar-refractivity contribution >= 4 is 11.6 Å². The van der Waals surface area contributed by atoms with Crippen LogP contribution in [0.2, 0.25) is 0 Å². The number of nitriles is 1. The van der Waals surface area contributed by atoms with E-state index in [-0.39, 0.29) is 11.5 Å². The molecule has 0 aliphatic carbocycles. The third-order valence-electron chi connectivity index (χ3n) is 4.75. The molecule has 1 aliphatic rings. The number of para-hydroxylation sites is 1. The van der Waals surface area contributed by atoms with Crippen LogP contribution in [0.1, 0.15) is 5.56 Å². The summed E-state index contributed by atoms with van der Waals surface area (Å²) in [5.74, 6) is -0.195. The molecule has 27 heavy (non-hydrogen) atoms. The van der Waals surface area contributed by atoms with Gasteiger partial charge in [0.25, 0.3) is 5.91 Å². The minimum atomic E-state index is -0.195. The molecule has 1 fully saturated rings.